The highest BCUT2D eigenvalue weighted by Crippen LogP contribution is 2.33. The van der Waals surface area contributed by atoms with Gasteiger partial charge in [-0.05, 0) is 50.6 Å². The standard InChI is InChI=1S/C27H29F3N6O8S/c1-4-42-26(38)43-18(3)44-33-36(39)34-14-13-20(16-34)25(37)32-45(40,41)22-11-9-21(10-12-22)35-23(15-24(31-35)27(28,29)30)19-7-5-17(2)6-8-19/h5-12,15,18,20H,4,13-14,16H2,1-3H3,(H,32,37)/b36-33-. The number of aromatic nitrogens is 2. The van der Waals surface area contributed by atoms with Crippen LogP contribution in [0, 0.1) is 18.0 Å². The Morgan fingerprint density at radius 1 is 1.18 bits per heavy atom. The lowest BCUT2D eigenvalue weighted by molar-refractivity contribution is -0.709. The summed E-state index contributed by atoms with van der Waals surface area (Å²) in [5.74, 6) is -1.78. The second kappa shape index (κ2) is 13.4. The normalized spacial score (nSPS) is 16.3. The molecule has 0 aliphatic carbocycles. The van der Waals surface area contributed by atoms with Gasteiger partial charge in [-0.15, -0.1) is 5.01 Å². The minimum absolute atomic E-state index is 0.0450. The van der Waals surface area contributed by atoms with Crippen LogP contribution in [-0.2, 0) is 35.3 Å². The van der Waals surface area contributed by atoms with Crippen molar-refractivity contribution in [3.63, 3.8) is 0 Å². The molecule has 1 fully saturated rings. The van der Waals surface area contributed by atoms with Crippen molar-refractivity contribution in [2.75, 3.05) is 19.7 Å². The number of hydrazine groups is 1. The average Bonchev–Trinajstić information content (AvgIpc) is 3.65. The molecule has 1 aliphatic rings. The second-order valence-electron chi connectivity index (χ2n) is 9.86. The van der Waals surface area contributed by atoms with Crippen LogP contribution in [0.1, 0.15) is 31.5 Å². The van der Waals surface area contributed by atoms with Crippen molar-refractivity contribution in [1.29, 1.82) is 0 Å². The summed E-state index contributed by atoms with van der Waals surface area (Å²) in [5, 5.41) is 20.3. The van der Waals surface area contributed by atoms with Crippen molar-refractivity contribution in [3.05, 3.63) is 71.1 Å². The van der Waals surface area contributed by atoms with Gasteiger partial charge in [0.1, 0.15) is 0 Å². The van der Waals surface area contributed by atoms with Gasteiger partial charge in [0.15, 0.2) is 5.69 Å². The molecule has 0 spiro atoms. The number of alkyl halides is 3. The van der Waals surface area contributed by atoms with E-state index in [-0.39, 0.29) is 47.4 Å². The lowest BCUT2D eigenvalue weighted by Gasteiger charge is -2.14. The molecule has 0 radical (unpaired) electrons. The van der Waals surface area contributed by atoms with Gasteiger partial charge < -0.3 is 14.7 Å². The molecule has 2 unspecified atom stereocenters. The highest BCUT2D eigenvalue weighted by atomic mass is 32.2. The number of carbonyl (C=O) groups excluding carboxylic acids is 2. The lowest BCUT2D eigenvalue weighted by atomic mass is 10.1. The number of ether oxygens (including phenoxy) is 2. The van der Waals surface area contributed by atoms with Gasteiger partial charge in [-0.1, -0.05) is 29.8 Å². The fourth-order valence-corrected chi connectivity index (χ4v) is 5.31. The van der Waals surface area contributed by atoms with Crippen molar-refractivity contribution in [3.8, 4) is 16.9 Å². The Kier molecular flexibility index (Phi) is 9.84. The first-order valence-electron chi connectivity index (χ1n) is 13.5. The fraction of sp³-hybridized carbons (Fsp3) is 0.370. The largest absolute Gasteiger partial charge is 0.569 e. The summed E-state index contributed by atoms with van der Waals surface area (Å²) in [7, 11) is -4.38. The molecule has 1 amide bonds. The number of benzene rings is 2. The molecule has 14 nitrogen and oxygen atoms in total. The quantitative estimate of drug-likeness (QED) is 0.109. The number of nitrogens with zero attached hydrogens (tertiary/aromatic N) is 5. The molecule has 4 rings (SSSR count). The molecule has 0 saturated carbocycles. The summed E-state index contributed by atoms with van der Waals surface area (Å²) in [6, 6.07) is 12.5. The SMILES string of the molecule is CCOC(=O)OC(C)O/N=[N+](\[O-])N1CCC(C(=O)NS(=O)(=O)c2ccc(-n3nc(C(F)(F)F)cc3-c3ccc(C)cc3)cc2)C1. The molecule has 3 aromatic rings. The minimum atomic E-state index is -4.71. The molecule has 2 atom stereocenters. The maximum Gasteiger partial charge on any atom is 0.511 e. The molecule has 1 N–H and O–H groups in total. The van der Waals surface area contributed by atoms with E-state index in [1.54, 1.807) is 31.2 Å². The van der Waals surface area contributed by atoms with E-state index in [1.165, 1.54) is 19.1 Å². The van der Waals surface area contributed by atoms with Gasteiger partial charge in [0.25, 0.3) is 16.3 Å². The zero-order valence-electron chi connectivity index (χ0n) is 24.2. The van der Waals surface area contributed by atoms with Gasteiger partial charge in [0.05, 0.1) is 46.9 Å². The van der Waals surface area contributed by atoms with Gasteiger partial charge >= 0.3 is 12.3 Å². The van der Waals surface area contributed by atoms with Crippen LogP contribution >= 0.6 is 0 Å². The van der Waals surface area contributed by atoms with Gasteiger partial charge in [0.2, 0.25) is 11.2 Å². The molecule has 2 heterocycles. The molecule has 242 valence electrons. The molecule has 45 heavy (non-hydrogen) atoms. The number of nitrogens with one attached hydrogen (secondary N) is 1. The van der Waals surface area contributed by atoms with Crippen LogP contribution in [0.2, 0.25) is 0 Å². The third-order valence-corrected chi connectivity index (χ3v) is 7.91. The highest BCUT2D eigenvalue weighted by Gasteiger charge is 2.36. The Bertz CT molecular complexity index is 1660. The van der Waals surface area contributed by atoms with Crippen molar-refractivity contribution in [2.24, 2.45) is 11.2 Å². The summed E-state index contributed by atoms with van der Waals surface area (Å²) in [4.78, 5) is 28.6. The van der Waals surface area contributed by atoms with Crippen LogP contribution in [0.3, 0.4) is 0 Å². The molecule has 1 aliphatic heterocycles. The van der Waals surface area contributed by atoms with Crippen LogP contribution in [0.4, 0.5) is 18.0 Å². The predicted octanol–water partition coefficient (Wildman–Crippen LogP) is 4.32. The maximum atomic E-state index is 13.5. The van der Waals surface area contributed by atoms with Crippen LogP contribution in [0.25, 0.3) is 16.9 Å². The van der Waals surface area contributed by atoms with Crippen molar-refractivity contribution < 1.29 is 50.5 Å². The third-order valence-electron chi connectivity index (χ3n) is 6.54. The summed E-state index contributed by atoms with van der Waals surface area (Å²) >= 11 is 0. The average molecular weight is 655 g/mol. The van der Waals surface area contributed by atoms with Gasteiger partial charge in [-0.3, -0.25) is 9.63 Å². The van der Waals surface area contributed by atoms with Crippen LogP contribution in [-0.4, -0.2) is 66.2 Å². The number of amides is 1. The van der Waals surface area contributed by atoms with Crippen molar-refractivity contribution >= 4 is 22.1 Å². The minimum Gasteiger partial charge on any atom is -0.569 e. The summed E-state index contributed by atoms with van der Waals surface area (Å²) in [6.07, 6.45) is -6.86. The Balaban J connectivity index is 1.42. The molecular formula is C27H29F3N6O8S. The molecule has 18 heteroatoms. The Morgan fingerprint density at radius 3 is 2.47 bits per heavy atom. The monoisotopic (exact) mass is 654 g/mol. The second-order valence-corrected chi connectivity index (χ2v) is 11.5. The maximum absolute atomic E-state index is 13.5. The molecule has 0 bridgehead atoms. The van der Waals surface area contributed by atoms with E-state index in [4.69, 9.17) is 9.57 Å². The lowest BCUT2D eigenvalue weighted by Crippen LogP contribution is -2.37. The van der Waals surface area contributed by atoms with Crippen molar-refractivity contribution in [1.82, 2.24) is 19.5 Å². The van der Waals surface area contributed by atoms with Gasteiger partial charge in [-0.2, -0.15) is 18.3 Å². The third kappa shape index (κ3) is 8.20. The molecule has 2 aromatic carbocycles. The number of sulfonamides is 1. The molecular weight excluding hydrogens is 625 g/mol. The van der Waals surface area contributed by atoms with E-state index in [9.17, 15) is 36.4 Å². The van der Waals surface area contributed by atoms with E-state index < -0.39 is 46.2 Å². The van der Waals surface area contributed by atoms with Crippen molar-refractivity contribution in [2.45, 2.75) is 44.6 Å². The van der Waals surface area contributed by atoms with E-state index in [2.05, 4.69) is 15.1 Å². The highest BCUT2D eigenvalue weighted by molar-refractivity contribution is 7.90. The Morgan fingerprint density at radius 2 is 1.84 bits per heavy atom. The first-order valence-corrected chi connectivity index (χ1v) is 15.0. The summed E-state index contributed by atoms with van der Waals surface area (Å²) in [5.41, 5.74) is 0.547. The number of aryl methyl sites for hydroxylation is 1. The van der Waals surface area contributed by atoms with Crippen LogP contribution < -0.4 is 4.72 Å². The van der Waals surface area contributed by atoms with Gasteiger partial charge in [0, 0.05) is 12.5 Å². The first-order chi connectivity index (χ1) is 21.2. The molecule has 1 saturated heterocycles. The zero-order valence-corrected chi connectivity index (χ0v) is 25.0. The summed E-state index contributed by atoms with van der Waals surface area (Å²) < 4.78 is 78.7. The number of halogens is 3. The number of rotatable bonds is 10. The zero-order chi connectivity index (χ0) is 32.9. The topological polar surface area (TPSA) is 167 Å². The predicted molar refractivity (Wildman–Crippen MR) is 148 cm³/mol. The smallest absolute Gasteiger partial charge is 0.511 e. The van der Waals surface area contributed by atoms with E-state index in [0.29, 0.717) is 5.56 Å². The van der Waals surface area contributed by atoms with E-state index >= 15 is 0 Å². The van der Waals surface area contributed by atoms with Crippen LogP contribution in [0.15, 0.2) is 64.8 Å². The Hall–Kier alpha value is -4.87. The fourth-order valence-electron chi connectivity index (χ4n) is 4.27. The number of hydrogen-bond acceptors (Lipinski definition) is 10. The molecule has 1 aromatic heterocycles. The first kappa shape index (κ1) is 33.0. The van der Waals surface area contributed by atoms with Crippen LogP contribution in [0.5, 0.6) is 0 Å². The number of carbonyl (C=O) groups is 2. The van der Waals surface area contributed by atoms with E-state index in [1.807, 2.05) is 11.6 Å². The van der Waals surface area contributed by atoms with Gasteiger partial charge in [-0.25, -0.2) is 22.6 Å². The number of hydrogen-bond donors (Lipinski definition) is 1. The Labute approximate surface area is 255 Å². The summed E-state index contributed by atoms with van der Waals surface area (Å²) in [6.45, 7) is 4.63. The van der Waals surface area contributed by atoms with E-state index in [0.717, 1.165) is 33.5 Å².